The van der Waals surface area contributed by atoms with E-state index in [-0.39, 0.29) is 5.54 Å². The zero-order valence-electron chi connectivity index (χ0n) is 10.7. The van der Waals surface area contributed by atoms with Gasteiger partial charge in [0.15, 0.2) is 0 Å². The van der Waals surface area contributed by atoms with E-state index in [1.54, 1.807) is 0 Å². The minimum absolute atomic E-state index is 0.161. The molecule has 0 aromatic heterocycles. The Hall–Kier alpha value is -0.160. The summed E-state index contributed by atoms with van der Waals surface area (Å²) in [5.74, 6) is 0. The third-order valence-corrected chi connectivity index (χ3v) is 4.57. The molecule has 0 radical (unpaired) electrons. The molecule has 2 unspecified atom stereocenters. The van der Waals surface area contributed by atoms with E-state index in [0.717, 1.165) is 32.3 Å². The molecule has 3 N–H and O–H groups in total. The van der Waals surface area contributed by atoms with Crippen LogP contribution < -0.4 is 11.1 Å². The number of nitrogens with zero attached hydrogens (tertiary/aromatic N) is 1. The topological polar surface area (TPSA) is 50.5 Å². The zero-order chi connectivity index (χ0) is 11.7. The van der Waals surface area contributed by atoms with Crippen LogP contribution in [-0.4, -0.2) is 55.4 Å². The lowest BCUT2D eigenvalue weighted by atomic mass is 9.98. The molecule has 17 heavy (non-hydrogen) atoms. The summed E-state index contributed by atoms with van der Waals surface area (Å²) < 4.78 is 5.67. The first kappa shape index (κ1) is 11.9. The Morgan fingerprint density at radius 3 is 2.88 bits per heavy atom. The molecular formula is C13H25N3O. The van der Waals surface area contributed by atoms with Crippen molar-refractivity contribution in [3.05, 3.63) is 0 Å². The predicted molar refractivity (Wildman–Crippen MR) is 68.0 cm³/mol. The van der Waals surface area contributed by atoms with Gasteiger partial charge < -0.3 is 15.8 Å². The van der Waals surface area contributed by atoms with Crippen LogP contribution in [0.5, 0.6) is 0 Å². The van der Waals surface area contributed by atoms with E-state index in [1.807, 2.05) is 0 Å². The van der Waals surface area contributed by atoms with Gasteiger partial charge in [0.05, 0.1) is 6.10 Å². The number of likely N-dealkylation sites (tertiary alicyclic amines) is 1. The van der Waals surface area contributed by atoms with Crippen LogP contribution in [0.4, 0.5) is 0 Å². The molecule has 0 bridgehead atoms. The van der Waals surface area contributed by atoms with Gasteiger partial charge >= 0.3 is 0 Å². The predicted octanol–water partition coefficient (Wildman–Crippen LogP) is 0.321. The minimum atomic E-state index is 0.161. The number of nitrogens with one attached hydrogen (secondary N) is 1. The molecule has 4 nitrogen and oxygen atoms in total. The van der Waals surface area contributed by atoms with Crippen molar-refractivity contribution < 1.29 is 4.74 Å². The first-order valence-electron chi connectivity index (χ1n) is 7.12. The van der Waals surface area contributed by atoms with Gasteiger partial charge in [-0.1, -0.05) is 0 Å². The minimum Gasteiger partial charge on any atom is -0.377 e. The van der Waals surface area contributed by atoms with Crippen LogP contribution in [0.1, 0.15) is 32.1 Å². The van der Waals surface area contributed by atoms with Crippen molar-refractivity contribution in [3.8, 4) is 0 Å². The number of hydrogen-bond acceptors (Lipinski definition) is 4. The second-order valence-electron chi connectivity index (χ2n) is 5.95. The number of nitrogens with two attached hydrogens (primary N) is 1. The van der Waals surface area contributed by atoms with Gasteiger partial charge in [0.2, 0.25) is 0 Å². The van der Waals surface area contributed by atoms with E-state index < -0.39 is 0 Å². The van der Waals surface area contributed by atoms with Crippen LogP contribution in [0.3, 0.4) is 0 Å². The molecule has 98 valence electrons. The lowest BCUT2D eigenvalue weighted by molar-refractivity contribution is 0.101. The Kier molecular flexibility index (Phi) is 3.39. The SMILES string of the molecule is NCC1(NCC2CCCO2)CCN(C2CC2)C1. The Labute approximate surface area is 104 Å². The van der Waals surface area contributed by atoms with E-state index in [2.05, 4.69) is 10.2 Å². The summed E-state index contributed by atoms with van der Waals surface area (Å²) in [4.78, 5) is 2.62. The highest BCUT2D eigenvalue weighted by atomic mass is 16.5. The van der Waals surface area contributed by atoms with Crippen molar-refractivity contribution in [3.63, 3.8) is 0 Å². The Morgan fingerprint density at radius 2 is 2.24 bits per heavy atom. The summed E-state index contributed by atoms with van der Waals surface area (Å²) in [6.45, 7) is 5.04. The molecule has 2 aliphatic heterocycles. The van der Waals surface area contributed by atoms with E-state index in [4.69, 9.17) is 10.5 Å². The molecule has 3 fully saturated rings. The first-order valence-corrected chi connectivity index (χ1v) is 7.12. The summed E-state index contributed by atoms with van der Waals surface area (Å²) in [6, 6.07) is 0.868. The molecule has 0 spiro atoms. The van der Waals surface area contributed by atoms with Crippen LogP contribution in [0.25, 0.3) is 0 Å². The van der Waals surface area contributed by atoms with Crippen LogP contribution >= 0.6 is 0 Å². The van der Waals surface area contributed by atoms with Gasteiger partial charge in [-0.05, 0) is 32.1 Å². The average Bonchev–Trinajstić information content (AvgIpc) is 2.93. The molecule has 2 heterocycles. The largest absolute Gasteiger partial charge is 0.377 e. The molecule has 2 saturated heterocycles. The fourth-order valence-corrected chi connectivity index (χ4v) is 3.17. The van der Waals surface area contributed by atoms with E-state index in [9.17, 15) is 0 Å². The summed E-state index contributed by atoms with van der Waals surface area (Å²) in [6.07, 6.45) is 6.84. The highest BCUT2D eigenvalue weighted by Crippen LogP contribution is 2.33. The van der Waals surface area contributed by atoms with Crippen LogP contribution in [-0.2, 0) is 4.74 Å². The van der Waals surface area contributed by atoms with Crippen molar-refractivity contribution in [2.75, 3.05) is 32.8 Å². The molecule has 0 amide bonds. The Morgan fingerprint density at radius 1 is 1.35 bits per heavy atom. The molecule has 1 aliphatic carbocycles. The fraction of sp³-hybridized carbons (Fsp3) is 1.00. The van der Waals surface area contributed by atoms with Gasteiger partial charge in [0.1, 0.15) is 0 Å². The molecule has 0 aromatic rings. The Bertz CT molecular complexity index is 263. The third-order valence-electron chi connectivity index (χ3n) is 4.57. The van der Waals surface area contributed by atoms with Crippen molar-refractivity contribution in [1.82, 2.24) is 10.2 Å². The number of rotatable bonds is 5. The highest BCUT2D eigenvalue weighted by molar-refractivity contribution is 5.02. The monoisotopic (exact) mass is 239 g/mol. The fourth-order valence-electron chi connectivity index (χ4n) is 3.17. The smallest absolute Gasteiger partial charge is 0.0700 e. The van der Waals surface area contributed by atoms with Crippen LogP contribution in [0, 0.1) is 0 Å². The molecule has 3 aliphatic rings. The Balaban J connectivity index is 1.51. The first-order chi connectivity index (χ1) is 8.31. The van der Waals surface area contributed by atoms with E-state index in [1.165, 1.54) is 38.6 Å². The molecule has 2 atom stereocenters. The number of hydrogen-bond donors (Lipinski definition) is 2. The van der Waals surface area contributed by atoms with E-state index >= 15 is 0 Å². The average molecular weight is 239 g/mol. The van der Waals surface area contributed by atoms with Crippen LogP contribution in [0.2, 0.25) is 0 Å². The highest BCUT2D eigenvalue weighted by Gasteiger charge is 2.42. The maximum absolute atomic E-state index is 6.01. The van der Waals surface area contributed by atoms with Gasteiger partial charge in [-0.3, -0.25) is 4.90 Å². The lowest BCUT2D eigenvalue weighted by Gasteiger charge is -2.30. The normalized spacial score (nSPS) is 39.0. The second kappa shape index (κ2) is 4.84. The molecular weight excluding hydrogens is 214 g/mol. The van der Waals surface area contributed by atoms with Gasteiger partial charge in [0, 0.05) is 44.4 Å². The standard InChI is InChI=1S/C13H25N3O/c14-9-13(15-8-12-2-1-7-17-12)5-6-16(10-13)11-3-4-11/h11-12,15H,1-10,14H2. The van der Waals surface area contributed by atoms with Gasteiger partial charge in [-0.25, -0.2) is 0 Å². The van der Waals surface area contributed by atoms with Gasteiger partial charge in [-0.2, -0.15) is 0 Å². The van der Waals surface area contributed by atoms with Gasteiger partial charge in [0.25, 0.3) is 0 Å². The van der Waals surface area contributed by atoms with Crippen LogP contribution in [0.15, 0.2) is 0 Å². The zero-order valence-corrected chi connectivity index (χ0v) is 10.7. The summed E-state index contributed by atoms with van der Waals surface area (Å²) in [5.41, 5.74) is 6.17. The van der Waals surface area contributed by atoms with Crippen molar-refractivity contribution >= 4 is 0 Å². The van der Waals surface area contributed by atoms with Gasteiger partial charge in [-0.15, -0.1) is 0 Å². The molecule has 3 rings (SSSR count). The second-order valence-corrected chi connectivity index (χ2v) is 5.95. The quantitative estimate of drug-likeness (QED) is 0.725. The summed E-state index contributed by atoms with van der Waals surface area (Å²) in [5, 5.41) is 3.71. The number of ether oxygens (including phenoxy) is 1. The van der Waals surface area contributed by atoms with Crippen molar-refractivity contribution in [2.24, 2.45) is 5.73 Å². The lowest BCUT2D eigenvalue weighted by Crippen LogP contribution is -2.55. The molecule has 1 saturated carbocycles. The maximum Gasteiger partial charge on any atom is 0.0700 e. The van der Waals surface area contributed by atoms with Crippen molar-refractivity contribution in [2.45, 2.75) is 49.8 Å². The third kappa shape index (κ3) is 2.65. The molecule has 4 heteroatoms. The van der Waals surface area contributed by atoms with Crippen molar-refractivity contribution in [1.29, 1.82) is 0 Å². The summed E-state index contributed by atoms with van der Waals surface area (Å²) >= 11 is 0. The molecule has 0 aromatic carbocycles. The maximum atomic E-state index is 6.01. The van der Waals surface area contributed by atoms with E-state index in [0.29, 0.717) is 6.10 Å². The summed E-state index contributed by atoms with van der Waals surface area (Å²) in [7, 11) is 0.